The minimum atomic E-state index is -0.215. The number of ether oxygens (including phenoxy) is 1. The van der Waals surface area contributed by atoms with Gasteiger partial charge in [0.1, 0.15) is 0 Å². The van der Waals surface area contributed by atoms with E-state index in [0.29, 0.717) is 24.4 Å². The Kier molecular flexibility index (Phi) is 6.21. The summed E-state index contributed by atoms with van der Waals surface area (Å²) in [4.78, 5) is 26.7. The lowest BCUT2D eigenvalue weighted by molar-refractivity contribution is -0.140. The smallest absolute Gasteiger partial charge is 0.305 e. The van der Waals surface area contributed by atoms with Crippen LogP contribution >= 0.6 is 11.3 Å². The minimum absolute atomic E-state index is 0.171. The lowest BCUT2D eigenvalue weighted by atomic mass is 10.2. The van der Waals surface area contributed by atoms with Crippen LogP contribution in [0.5, 0.6) is 0 Å². The fourth-order valence-corrected chi connectivity index (χ4v) is 2.15. The molecular formula is C13H18N2O3S. The first kappa shape index (κ1) is 15.4. The van der Waals surface area contributed by atoms with Crippen molar-refractivity contribution < 1.29 is 14.3 Å². The van der Waals surface area contributed by atoms with Crippen molar-refractivity contribution in [1.82, 2.24) is 4.98 Å². The number of nitrogens with one attached hydrogen (secondary N) is 1. The van der Waals surface area contributed by atoms with Crippen LogP contribution < -0.4 is 5.32 Å². The van der Waals surface area contributed by atoms with Crippen LogP contribution in [0.4, 0.5) is 5.13 Å². The highest BCUT2D eigenvalue weighted by atomic mass is 32.1. The van der Waals surface area contributed by atoms with Crippen LogP contribution in [0.1, 0.15) is 32.4 Å². The Morgan fingerprint density at radius 2 is 2.21 bits per heavy atom. The predicted octanol–water partition coefficient (Wildman–Crippen LogP) is 2.54. The molecule has 6 heteroatoms. The van der Waals surface area contributed by atoms with E-state index in [1.807, 2.05) is 19.2 Å². The molecule has 0 aliphatic rings. The Balaban J connectivity index is 2.42. The molecule has 1 heterocycles. The number of allylic oxidation sites excluding steroid dienone is 1. The molecule has 0 saturated carbocycles. The van der Waals surface area contributed by atoms with Crippen LogP contribution in [-0.4, -0.2) is 24.0 Å². The van der Waals surface area contributed by atoms with Crippen molar-refractivity contribution in [1.29, 1.82) is 0 Å². The second-order valence-electron chi connectivity index (χ2n) is 4.28. The van der Waals surface area contributed by atoms with Gasteiger partial charge < -0.3 is 4.74 Å². The van der Waals surface area contributed by atoms with Crippen LogP contribution in [0.3, 0.4) is 0 Å². The predicted molar refractivity (Wildman–Crippen MR) is 75.1 cm³/mol. The minimum Gasteiger partial charge on any atom is -0.469 e. The van der Waals surface area contributed by atoms with Crippen LogP contribution in [0.15, 0.2) is 17.0 Å². The number of hydrogen-bond donors (Lipinski definition) is 1. The van der Waals surface area contributed by atoms with E-state index in [1.165, 1.54) is 24.5 Å². The maximum absolute atomic E-state index is 11.5. The molecule has 104 valence electrons. The zero-order valence-electron chi connectivity index (χ0n) is 11.4. The van der Waals surface area contributed by atoms with Gasteiger partial charge in [-0.2, -0.15) is 0 Å². The quantitative estimate of drug-likeness (QED) is 0.643. The number of carbonyl (C=O) groups is 2. The van der Waals surface area contributed by atoms with Crippen molar-refractivity contribution in [2.75, 3.05) is 12.4 Å². The Morgan fingerprint density at radius 3 is 2.84 bits per heavy atom. The van der Waals surface area contributed by atoms with E-state index in [0.717, 1.165) is 11.3 Å². The first-order valence-electron chi connectivity index (χ1n) is 5.98. The summed E-state index contributed by atoms with van der Waals surface area (Å²) >= 11 is 1.38. The van der Waals surface area contributed by atoms with Crippen LogP contribution in [0, 0.1) is 0 Å². The van der Waals surface area contributed by atoms with Gasteiger partial charge in [0.15, 0.2) is 5.13 Å². The van der Waals surface area contributed by atoms with Crippen molar-refractivity contribution in [3.63, 3.8) is 0 Å². The summed E-state index contributed by atoms with van der Waals surface area (Å²) in [6, 6.07) is 0. The lowest BCUT2D eigenvalue weighted by Crippen LogP contribution is -2.08. The maximum Gasteiger partial charge on any atom is 0.305 e. The van der Waals surface area contributed by atoms with E-state index >= 15 is 0 Å². The molecule has 0 aromatic carbocycles. The van der Waals surface area contributed by atoms with E-state index < -0.39 is 0 Å². The third-order valence-corrected chi connectivity index (χ3v) is 3.05. The molecule has 0 bridgehead atoms. The normalized spacial score (nSPS) is 9.84. The number of thiazole rings is 1. The van der Waals surface area contributed by atoms with Crippen molar-refractivity contribution in [3.05, 3.63) is 22.7 Å². The molecule has 0 atom stereocenters. The summed E-state index contributed by atoms with van der Waals surface area (Å²) in [5.41, 5.74) is 1.81. The number of aromatic nitrogens is 1. The second-order valence-corrected chi connectivity index (χ2v) is 5.14. The molecule has 1 amide bonds. The van der Waals surface area contributed by atoms with Gasteiger partial charge in [0.25, 0.3) is 0 Å². The summed E-state index contributed by atoms with van der Waals surface area (Å²) in [6.45, 7) is 3.72. The Bertz CT molecular complexity index is 476. The molecule has 0 unspecified atom stereocenters. The van der Waals surface area contributed by atoms with Gasteiger partial charge >= 0.3 is 5.97 Å². The molecule has 1 aromatic heterocycles. The van der Waals surface area contributed by atoms with Gasteiger partial charge in [0.2, 0.25) is 5.91 Å². The van der Waals surface area contributed by atoms with Crippen molar-refractivity contribution >= 4 is 28.3 Å². The fraction of sp³-hybridized carbons (Fsp3) is 0.462. The number of anilines is 1. The molecule has 0 radical (unpaired) electrons. The second kappa shape index (κ2) is 7.68. The molecule has 0 saturated heterocycles. The number of nitrogens with zero attached hydrogens (tertiary/aromatic N) is 1. The number of aryl methyl sites for hydroxylation is 1. The highest BCUT2D eigenvalue weighted by molar-refractivity contribution is 7.13. The number of methoxy groups -OCH3 is 1. The zero-order valence-corrected chi connectivity index (χ0v) is 12.2. The highest BCUT2D eigenvalue weighted by Gasteiger charge is 2.06. The molecule has 5 nitrogen and oxygen atoms in total. The fourth-order valence-electron chi connectivity index (χ4n) is 1.40. The monoisotopic (exact) mass is 282 g/mol. The van der Waals surface area contributed by atoms with Gasteiger partial charge in [-0.3, -0.25) is 14.9 Å². The lowest BCUT2D eigenvalue weighted by Gasteiger charge is -1.98. The molecule has 0 aliphatic carbocycles. The van der Waals surface area contributed by atoms with Crippen LogP contribution in [0.2, 0.25) is 0 Å². The molecule has 1 N–H and O–H groups in total. The van der Waals surface area contributed by atoms with Crippen molar-refractivity contribution in [2.45, 2.75) is 33.1 Å². The third-order valence-electron chi connectivity index (χ3n) is 2.24. The molecule has 19 heavy (non-hydrogen) atoms. The van der Waals surface area contributed by atoms with Crippen LogP contribution in [0.25, 0.3) is 0 Å². The molecule has 0 spiro atoms. The average molecular weight is 282 g/mol. The number of amides is 1. The van der Waals surface area contributed by atoms with Gasteiger partial charge in [-0.25, -0.2) is 4.98 Å². The topological polar surface area (TPSA) is 68.3 Å². The van der Waals surface area contributed by atoms with E-state index in [-0.39, 0.29) is 11.9 Å². The third kappa shape index (κ3) is 6.15. The van der Waals surface area contributed by atoms with E-state index in [2.05, 4.69) is 15.0 Å². The number of hydrogen-bond acceptors (Lipinski definition) is 5. The van der Waals surface area contributed by atoms with Crippen molar-refractivity contribution in [2.24, 2.45) is 0 Å². The molecular weight excluding hydrogens is 264 g/mol. The summed E-state index contributed by atoms with van der Waals surface area (Å²) in [6.07, 6.45) is 3.30. The van der Waals surface area contributed by atoms with Crippen molar-refractivity contribution in [3.8, 4) is 0 Å². The van der Waals surface area contributed by atoms with Gasteiger partial charge in [-0.1, -0.05) is 5.57 Å². The summed E-state index contributed by atoms with van der Waals surface area (Å²) < 4.78 is 4.56. The largest absolute Gasteiger partial charge is 0.469 e. The Labute approximate surface area is 116 Å². The summed E-state index contributed by atoms with van der Waals surface area (Å²) in [5, 5.41) is 5.17. The highest BCUT2D eigenvalue weighted by Crippen LogP contribution is 2.17. The van der Waals surface area contributed by atoms with Gasteiger partial charge in [0, 0.05) is 17.9 Å². The van der Waals surface area contributed by atoms with Gasteiger partial charge in [0.05, 0.1) is 12.8 Å². The maximum atomic E-state index is 11.5. The number of carbonyl (C=O) groups excluding carboxylic acids is 2. The van der Waals surface area contributed by atoms with Gasteiger partial charge in [-0.05, 0) is 26.7 Å². The first-order valence-corrected chi connectivity index (χ1v) is 6.86. The molecule has 0 aliphatic heterocycles. The van der Waals surface area contributed by atoms with E-state index in [1.54, 1.807) is 0 Å². The number of rotatable bonds is 6. The first-order chi connectivity index (χ1) is 9.01. The van der Waals surface area contributed by atoms with Gasteiger partial charge in [-0.15, -0.1) is 11.3 Å². The van der Waals surface area contributed by atoms with E-state index in [9.17, 15) is 9.59 Å². The summed E-state index contributed by atoms with van der Waals surface area (Å²) in [7, 11) is 1.38. The standard InChI is InChI=1S/C13H18N2O3S/c1-9(2)7-11(16)15-13-14-10(8-19-13)5-4-6-12(17)18-3/h7-8H,4-6H2,1-3H3,(H,14,15,16). The Hall–Kier alpha value is -1.69. The number of esters is 1. The summed E-state index contributed by atoms with van der Waals surface area (Å²) in [5.74, 6) is -0.386. The molecule has 1 rings (SSSR count). The molecule has 1 aromatic rings. The zero-order chi connectivity index (χ0) is 14.3. The SMILES string of the molecule is COC(=O)CCCc1csc(NC(=O)C=C(C)C)n1. The molecule has 0 fully saturated rings. The average Bonchev–Trinajstić information content (AvgIpc) is 2.75. The Morgan fingerprint density at radius 1 is 1.47 bits per heavy atom. The van der Waals surface area contributed by atoms with Crippen LogP contribution in [-0.2, 0) is 20.7 Å². The van der Waals surface area contributed by atoms with E-state index in [4.69, 9.17) is 0 Å².